The van der Waals surface area contributed by atoms with Gasteiger partial charge in [-0.3, -0.25) is 4.79 Å². The van der Waals surface area contributed by atoms with Gasteiger partial charge in [-0.25, -0.2) is 0 Å². The van der Waals surface area contributed by atoms with Gasteiger partial charge in [-0.2, -0.15) is 0 Å². The lowest BCUT2D eigenvalue weighted by Gasteiger charge is -2.08. The molecule has 0 aliphatic heterocycles. The van der Waals surface area contributed by atoms with Crippen molar-refractivity contribution in [1.82, 2.24) is 5.32 Å². The van der Waals surface area contributed by atoms with Crippen LogP contribution in [0.15, 0.2) is 58.3 Å². The molecule has 98 valence electrons. The number of aryl methyl sites for hydroxylation is 1. The normalized spacial score (nSPS) is 10.2. The van der Waals surface area contributed by atoms with Gasteiger partial charge in [0.25, 0.3) is 5.91 Å². The second-order valence-electron chi connectivity index (χ2n) is 4.01. The molecule has 2 aromatic rings. The Bertz CT molecular complexity index is 584. The van der Waals surface area contributed by atoms with Gasteiger partial charge in [0, 0.05) is 16.8 Å². The van der Waals surface area contributed by atoms with Gasteiger partial charge in [-0.1, -0.05) is 51.9 Å². The third-order valence-electron chi connectivity index (χ3n) is 2.67. The van der Waals surface area contributed by atoms with Gasteiger partial charge >= 0.3 is 0 Å². The largest absolute Gasteiger partial charge is 0.355 e. The summed E-state index contributed by atoms with van der Waals surface area (Å²) in [6.07, 6.45) is 0. The standard InChI is InChI=1S/C15H15NOS2/c1-11-7-3-5-9-13(11)18-19-14-10-6-4-8-12(14)15(17)16-2/h3-10H,1-2H3,(H,16,17). The molecule has 4 heteroatoms. The maximum atomic E-state index is 11.8. The predicted molar refractivity (Wildman–Crippen MR) is 82.7 cm³/mol. The van der Waals surface area contributed by atoms with E-state index in [-0.39, 0.29) is 5.91 Å². The first-order valence-electron chi connectivity index (χ1n) is 5.93. The van der Waals surface area contributed by atoms with E-state index in [4.69, 9.17) is 0 Å². The minimum absolute atomic E-state index is 0.0477. The number of carbonyl (C=O) groups is 1. The third kappa shape index (κ3) is 3.55. The molecule has 0 saturated heterocycles. The van der Waals surface area contributed by atoms with Crippen molar-refractivity contribution in [1.29, 1.82) is 0 Å². The molecule has 0 fully saturated rings. The van der Waals surface area contributed by atoms with Crippen LogP contribution in [0, 0.1) is 6.92 Å². The molecule has 2 nitrogen and oxygen atoms in total. The molecule has 2 aromatic carbocycles. The topological polar surface area (TPSA) is 29.1 Å². The predicted octanol–water partition coefficient (Wildman–Crippen LogP) is 4.15. The Balaban J connectivity index is 2.16. The monoisotopic (exact) mass is 289 g/mol. The minimum Gasteiger partial charge on any atom is -0.355 e. The summed E-state index contributed by atoms with van der Waals surface area (Å²) in [5.41, 5.74) is 1.97. The molecular weight excluding hydrogens is 274 g/mol. The molecule has 19 heavy (non-hydrogen) atoms. The highest BCUT2D eigenvalue weighted by Gasteiger charge is 2.10. The van der Waals surface area contributed by atoms with Crippen LogP contribution < -0.4 is 5.32 Å². The summed E-state index contributed by atoms with van der Waals surface area (Å²) in [5, 5.41) is 2.67. The zero-order valence-electron chi connectivity index (χ0n) is 10.8. The van der Waals surface area contributed by atoms with E-state index in [1.807, 2.05) is 36.4 Å². The van der Waals surface area contributed by atoms with Gasteiger partial charge in [-0.05, 0) is 30.7 Å². The fraction of sp³-hybridized carbons (Fsp3) is 0.133. The molecule has 1 N–H and O–H groups in total. The maximum Gasteiger partial charge on any atom is 0.252 e. The molecule has 0 aromatic heterocycles. The minimum atomic E-state index is -0.0477. The van der Waals surface area contributed by atoms with E-state index in [0.717, 1.165) is 10.5 Å². The lowest BCUT2D eigenvalue weighted by Crippen LogP contribution is -2.18. The molecule has 0 aliphatic carbocycles. The summed E-state index contributed by atoms with van der Waals surface area (Å²) >= 11 is 0. The third-order valence-corrected chi connectivity index (χ3v) is 5.26. The fourth-order valence-corrected chi connectivity index (χ4v) is 4.03. The van der Waals surface area contributed by atoms with Crippen LogP contribution in [0.5, 0.6) is 0 Å². The summed E-state index contributed by atoms with van der Waals surface area (Å²) in [5.74, 6) is -0.0477. The van der Waals surface area contributed by atoms with E-state index in [1.54, 1.807) is 28.6 Å². The first-order chi connectivity index (χ1) is 9.22. The molecule has 0 bridgehead atoms. The second-order valence-corrected chi connectivity index (χ2v) is 6.22. The number of hydrogen-bond acceptors (Lipinski definition) is 3. The van der Waals surface area contributed by atoms with Gasteiger partial charge in [0.1, 0.15) is 0 Å². The van der Waals surface area contributed by atoms with Crippen LogP contribution in [0.25, 0.3) is 0 Å². The number of carbonyl (C=O) groups excluding carboxylic acids is 1. The molecule has 0 radical (unpaired) electrons. The number of benzene rings is 2. The van der Waals surface area contributed by atoms with Crippen LogP contribution in [0.1, 0.15) is 15.9 Å². The van der Waals surface area contributed by atoms with Crippen molar-refractivity contribution in [2.75, 3.05) is 7.05 Å². The van der Waals surface area contributed by atoms with E-state index in [1.165, 1.54) is 10.5 Å². The number of rotatable bonds is 4. The number of amides is 1. The summed E-state index contributed by atoms with van der Waals surface area (Å²) in [6.45, 7) is 2.09. The summed E-state index contributed by atoms with van der Waals surface area (Å²) in [6, 6.07) is 15.9. The molecule has 0 saturated carbocycles. The van der Waals surface area contributed by atoms with Crippen LogP contribution in [-0.2, 0) is 0 Å². The highest BCUT2D eigenvalue weighted by atomic mass is 33.1. The van der Waals surface area contributed by atoms with E-state index in [0.29, 0.717) is 0 Å². The van der Waals surface area contributed by atoms with Crippen molar-refractivity contribution in [3.05, 3.63) is 59.7 Å². The van der Waals surface area contributed by atoms with Crippen LogP contribution in [0.4, 0.5) is 0 Å². The van der Waals surface area contributed by atoms with Crippen LogP contribution in [-0.4, -0.2) is 13.0 Å². The van der Waals surface area contributed by atoms with Crippen LogP contribution in [0.2, 0.25) is 0 Å². The van der Waals surface area contributed by atoms with Gasteiger partial charge < -0.3 is 5.32 Å². The zero-order valence-corrected chi connectivity index (χ0v) is 12.5. The maximum absolute atomic E-state index is 11.8. The van der Waals surface area contributed by atoms with Crippen LogP contribution in [0.3, 0.4) is 0 Å². The quantitative estimate of drug-likeness (QED) is 0.857. The Labute approximate surface area is 121 Å². The van der Waals surface area contributed by atoms with Crippen molar-refractivity contribution in [2.24, 2.45) is 0 Å². The first kappa shape index (κ1) is 14.0. The summed E-state index contributed by atoms with van der Waals surface area (Å²) < 4.78 is 0. The van der Waals surface area contributed by atoms with Crippen molar-refractivity contribution in [3.8, 4) is 0 Å². The Hall–Kier alpha value is -1.39. The molecule has 0 heterocycles. The van der Waals surface area contributed by atoms with Crippen molar-refractivity contribution < 1.29 is 4.79 Å². The molecule has 2 rings (SSSR count). The number of nitrogens with one attached hydrogen (secondary N) is 1. The molecule has 0 spiro atoms. The van der Waals surface area contributed by atoms with E-state index in [9.17, 15) is 4.79 Å². The highest BCUT2D eigenvalue weighted by Crippen LogP contribution is 2.40. The Morgan fingerprint density at radius 3 is 2.21 bits per heavy atom. The summed E-state index contributed by atoms with van der Waals surface area (Å²) in [4.78, 5) is 14.0. The Kier molecular flexibility index (Phi) is 4.93. The van der Waals surface area contributed by atoms with E-state index < -0.39 is 0 Å². The first-order valence-corrected chi connectivity index (χ1v) is 8.08. The van der Waals surface area contributed by atoms with Gasteiger partial charge in [0.2, 0.25) is 0 Å². The highest BCUT2D eigenvalue weighted by molar-refractivity contribution is 8.76. The Morgan fingerprint density at radius 1 is 0.947 bits per heavy atom. The Morgan fingerprint density at radius 2 is 1.53 bits per heavy atom. The van der Waals surface area contributed by atoms with Crippen LogP contribution >= 0.6 is 21.6 Å². The van der Waals surface area contributed by atoms with Gasteiger partial charge in [0.15, 0.2) is 0 Å². The average Bonchev–Trinajstić information content (AvgIpc) is 2.46. The molecule has 0 aliphatic rings. The lowest BCUT2D eigenvalue weighted by atomic mass is 10.2. The fourth-order valence-electron chi connectivity index (χ4n) is 1.60. The zero-order chi connectivity index (χ0) is 13.7. The molecule has 1 amide bonds. The molecular formula is C15H15NOS2. The second kappa shape index (κ2) is 6.68. The van der Waals surface area contributed by atoms with Gasteiger partial charge in [-0.15, -0.1) is 0 Å². The number of hydrogen-bond donors (Lipinski definition) is 1. The van der Waals surface area contributed by atoms with Crippen molar-refractivity contribution in [3.63, 3.8) is 0 Å². The van der Waals surface area contributed by atoms with Crippen molar-refractivity contribution in [2.45, 2.75) is 16.7 Å². The smallest absolute Gasteiger partial charge is 0.252 e. The summed E-state index contributed by atoms with van der Waals surface area (Å²) in [7, 11) is 4.94. The SMILES string of the molecule is CNC(=O)c1ccccc1SSc1ccccc1C. The van der Waals surface area contributed by atoms with E-state index in [2.05, 4.69) is 24.4 Å². The van der Waals surface area contributed by atoms with Gasteiger partial charge in [0.05, 0.1) is 5.56 Å². The average molecular weight is 289 g/mol. The van der Waals surface area contributed by atoms with Crippen molar-refractivity contribution >= 4 is 27.5 Å². The lowest BCUT2D eigenvalue weighted by molar-refractivity contribution is 0.0960. The molecule has 0 atom stereocenters. The molecule has 0 unspecified atom stereocenters. The van der Waals surface area contributed by atoms with E-state index >= 15 is 0 Å².